The Kier molecular flexibility index (Phi) is 7.80. The summed E-state index contributed by atoms with van der Waals surface area (Å²) in [4.78, 5) is 35.3. The zero-order chi connectivity index (χ0) is 25.7. The van der Waals surface area contributed by atoms with Gasteiger partial charge in [-0.2, -0.15) is 5.26 Å². The third-order valence-electron chi connectivity index (χ3n) is 5.83. The lowest BCUT2D eigenvalue weighted by atomic mass is 9.95. The second-order valence-electron chi connectivity index (χ2n) is 8.30. The number of hydrogen-bond acceptors (Lipinski definition) is 9. The Morgan fingerprint density at radius 3 is 2.69 bits per heavy atom. The van der Waals surface area contributed by atoms with Crippen molar-refractivity contribution in [3.8, 4) is 17.6 Å². The van der Waals surface area contributed by atoms with E-state index in [0.717, 1.165) is 0 Å². The number of aryl methyl sites for hydroxylation is 1. The van der Waals surface area contributed by atoms with E-state index in [1.54, 1.807) is 38.4 Å². The highest BCUT2D eigenvalue weighted by Crippen LogP contribution is 2.34. The van der Waals surface area contributed by atoms with Gasteiger partial charge < -0.3 is 30.2 Å². The van der Waals surface area contributed by atoms with Crippen molar-refractivity contribution >= 4 is 40.5 Å². The fourth-order valence-corrected chi connectivity index (χ4v) is 4.73. The van der Waals surface area contributed by atoms with Gasteiger partial charge in [-0.25, -0.2) is 14.8 Å². The third-order valence-corrected chi connectivity index (χ3v) is 6.71. The molecule has 0 radical (unpaired) electrons. The summed E-state index contributed by atoms with van der Waals surface area (Å²) in [5, 5.41) is 12.6. The Morgan fingerprint density at radius 1 is 1.25 bits per heavy atom. The van der Waals surface area contributed by atoms with Crippen LogP contribution in [-0.2, 0) is 9.53 Å². The second-order valence-corrected chi connectivity index (χ2v) is 9.27. The van der Waals surface area contributed by atoms with E-state index in [1.165, 1.54) is 11.8 Å². The summed E-state index contributed by atoms with van der Waals surface area (Å²) in [6, 6.07) is 7.25. The van der Waals surface area contributed by atoms with Crippen LogP contribution < -0.4 is 20.5 Å². The van der Waals surface area contributed by atoms with Crippen molar-refractivity contribution in [1.29, 1.82) is 5.26 Å². The van der Waals surface area contributed by atoms with Crippen LogP contribution in [0.25, 0.3) is 11.0 Å². The van der Waals surface area contributed by atoms with Crippen LogP contribution in [0.5, 0.6) is 11.5 Å². The number of thioether (sulfide) groups is 1. The Bertz CT molecular complexity index is 1310. The monoisotopic (exact) mass is 510 g/mol. The molecule has 2 amide bonds. The van der Waals surface area contributed by atoms with E-state index in [1.807, 2.05) is 6.07 Å². The van der Waals surface area contributed by atoms with Gasteiger partial charge in [0.2, 0.25) is 5.91 Å². The number of hydrogen-bond donors (Lipinski definition) is 3. The van der Waals surface area contributed by atoms with E-state index in [4.69, 9.17) is 25.2 Å². The van der Waals surface area contributed by atoms with E-state index < -0.39 is 6.09 Å². The zero-order valence-corrected chi connectivity index (χ0v) is 20.7. The Hall–Kier alpha value is -3.98. The number of amides is 2. The Balaban J connectivity index is 1.35. The molecule has 2 aromatic heterocycles. The summed E-state index contributed by atoms with van der Waals surface area (Å²) in [6.07, 6.45) is 3.29. The number of ether oxygens (including phenoxy) is 3. The second kappa shape index (κ2) is 11.2. The summed E-state index contributed by atoms with van der Waals surface area (Å²) in [5.74, 6) is 0.994. The standard InChI is InChI=1S/C24H26N6O5S/c1-13-17(10-25)27-11-18-22(13)30-24(29-18)36-12-21(31)28-14-3-8-19(33-2)20(9-14)34-15-4-6-16(7-5-15)35-23(26)32/h3,8-9,11,15-16H,4-7,12H2,1-2H3,(H2,26,32)(H,28,31)(H,29,30). The number of methoxy groups -OCH3 is 1. The van der Waals surface area contributed by atoms with E-state index in [-0.39, 0.29) is 23.9 Å². The molecule has 188 valence electrons. The van der Waals surface area contributed by atoms with E-state index in [2.05, 4.69) is 20.3 Å². The first-order valence-electron chi connectivity index (χ1n) is 11.3. The predicted octanol–water partition coefficient (Wildman–Crippen LogP) is 3.66. The smallest absolute Gasteiger partial charge is 0.404 e. The molecule has 1 fully saturated rings. The van der Waals surface area contributed by atoms with Crippen molar-refractivity contribution in [2.75, 3.05) is 18.2 Å². The van der Waals surface area contributed by atoms with Crippen LogP contribution in [0.4, 0.5) is 10.5 Å². The molecule has 4 rings (SSSR count). The number of carbonyl (C=O) groups excluding carboxylic acids is 2. The van der Waals surface area contributed by atoms with Crippen LogP contribution in [0, 0.1) is 18.3 Å². The lowest BCUT2D eigenvalue weighted by Crippen LogP contribution is -2.31. The molecule has 1 saturated carbocycles. The molecule has 0 bridgehead atoms. The highest BCUT2D eigenvalue weighted by molar-refractivity contribution is 7.99. The number of aromatic nitrogens is 3. The van der Waals surface area contributed by atoms with Gasteiger partial charge in [-0.05, 0) is 44.7 Å². The van der Waals surface area contributed by atoms with Gasteiger partial charge in [-0.15, -0.1) is 0 Å². The quantitative estimate of drug-likeness (QED) is 0.383. The van der Waals surface area contributed by atoms with Crippen LogP contribution in [0.15, 0.2) is 29.6 Å². The molecule has 0 saturated heterocycles. The minimum absolute atomic E-state index is 0.0688. The predicted molar refractivity (Wildman–Crippen MR) is 133 cm³/mol. The zero-order valence-electron chi connectivity index (χ0n) is 19.9. The molecule has 0 atom stereocenters. The lowest BCUT2D eigenvalue weighted by molar-refractivity contribution is -0.113. The number of carbonyl (C=O) groups is 2. The molecule has 36 heavy (non-hydrogen) atoms. The van der Waals surface area contributed by atoms with Gasteiger partial charge in [0.25, 0.3) is 0 Å². The van der Waals surface area contributed by atoms with Crippen molar-refractivity contribution in [2.24, 2.45) is 5.73 Å². The van der Waals surface area contributed by atoms with Gasteiger partial charge in [0.1, 0.15) is 17.9 Å². The molecule has 11 nitrogen and oxygen atoms in total. The van der Waals surface area contributed by atoms with Gasteiger partial charge in [0.05, 0.1) is 36.2 Å². The van der Waals surface area contributed by atoms with Gasteiger partial charge in [0, 0.05) is 17.3 Å². The van der Waals surface area contributed by atoms with Crippen molar-refractivity contribution in [1.82, 2.24) is 15.0 Å². The normalized spacial score (nSPS) is 17.2. The average molecular weight is 511 g/mol. The summed E-state index contributed by atoms with van der Waals surface area (Å²) in [7, 11) is 1.55. The van der Waals surface area contributed by atoms with Gasteiger partial charge in [0.15, 0.2) is 16.7 Å². The topological polar surface area (TPSA) is 165 Å². The molecule has 12 heteroatoms. The number of nitrogens with two attached hydrogens (primary N) is 1. The van der Waals surface area contributed by atoms with Crippen molar-refractivity contribution in [2.45, 2.75) is 50.0 Å². The highest BCUT2D eigenvalue weighted by atomic mass is 32.2. The third kappa shape index (κ3) is 5.98. The molecule has 4 N–H and O–H groups in total. The SMILES string of the molecule is COc1ccc(NC(=O)CSc2nc3c(C)c(C#N)ncc3[nH]2)cc1OC1CCC(OC(N)=O)CC1. The number of rotatable bonds is 8. The number of imidazole rings is 1. The summed E-state index contributed by atoms with van der Waals surface area (Å²) < 4.78 is 16.6. The fraction of sp³-hybridized carbons (Fsp3) is 0.375. The van der Waals surface area contributed by atoms with Crippen LogP contribution in [-0.4, -0.2) is 52.0 Å². The van der Waals surface area contributed by atoms with Crippen molar-refractivity contribution in [3.05, 3.63) is 35.7 Å². The first-order valence-corrected chi connectivity index (χ1v) is 12.3. The number of nitriles is 1. The number of pyridine rings is 1. The van der Waals surface area contributed by atoms with Crippen LogP contribution >= 0.6 is 11.8 Å². The number of fused-ring (bicyclic) bond motifs is 1. The number of primary amides is 1. The van der Waals surface area contributed by atoms with Gasteiger partial charge >= 0.3 is 6.09 Å². The highest BCUT2D eigenvalue weighted by Gasteiger charge is 2.25. The minimum Gasteiger partial charge on any atom is -0.493 e. The molecule has 0 aliphatic heterocycles. The van der Waals surface area contributed by atoms with Crippen molar-refractivity contribution in [3.63, 3.8) is 0 Å². The van der Waals surface area contributed by atoms with E-state index in [0.29, 0.717) is 70.3 Å². The molecule has 1 aliphatic carbocycles. The molecular weight excluding hydrogens is 484 g/mol. The van der Waals surface area contributed by atoms with E-state index >= 15 is 0 Å². The molecule has 2 heterocycles. The number of nitrogens with zero attached hydrogens (tertiary/aromatic N) is 3. The van der Waals surface area contributed by atoms with Crippen LogP contribution in [0.3, 0.4) is 0 Å². The number of benzene rings is 1. The first kappa shape index (κ1) is 25.1. The maximum absolute atomic E-state index is 12.6. The number of aromatic amines is 1. The lowest BCUT2D eigenvalue weighted by Gasteiger charge is -2.28. The van der Waals surface area contributed by atoms with Crippen LogP contribution in [0.2, 0.25) is 0 Å². The first-order chi connectivity index (χ1) is 17.4. The maximum Gasteiger partial charge on any atom is 0.404 e. The van der Waals surface area contributed by atoms with Gasteiger partial charge in [-0.3, -0.25) is 4.79 Å². The largest absolute Gasteiger partial charge is 0.493 e. The van der Waals surface area contributed by atoms with Crippen molar-refractivity contribution < 1.29 is 23.8 Å². The molecular formula is C24H26N6O5S. The molecule has 0 spiro atoms. The summed E-state index contributed by atoms with van der Waals surface area (Å²) in [5.41, 5.74) is 8.07. The minimum atomic E-state index is -0.761. The summed E-state index contributed by atoms with van der Waals surface area (Å²) >= 11 is 1.25. The fourth-order valence-electron chi connectivity index (χ4n) is 4.05. The molecule has 1 aliphatic rings. The Morgan fingerprint density at radius 2 is 2.00 bits per heavy atom. The van der Waals surface area contributed by atoms with Crippen LogP contribution in [0.1, 0.15) is 36.9 Å². The van der Waals surface area contributed by atoms with Gasteiger partial charge in [-0.1, -0.05) is 11.8 Å². The molecule has 3 aromatic rings. The summed E-state index contributed by atoms with van der Waals surface area (Å²) in [6.45, 7) is 1.79. The molecule has 0 unspecified atom stereocenters. The maximum atomic E-state index is 12.6. The molecule has 1 aromatic carbocycles. The number of H-pyrrole nitrogens is 1. The van der Waals surface area contributed by atoms with E-state index in [9.17, 15) is 9.59 Å². The number of nitrogens with one attached hydrogen (secondary N) is 2. The Labute approximate surface area is 211 Å². The average Bonchev–Trinajstić information content (AvgIpc) is 3.28. The number of anilines is 1.